The van der Waals surface area contributed by atoms with Crippen molar-refractivity contribution in [3.63, 3.8) is 0 Å². The maximum atomic E-state index is 11.9. The van der Waals surface area contributed by atoms with Crippen LogP contribution in [0.5, 0.6) is 0 Å². The fourth-order valence-electron chi connectivity index (χ4n) is 1.79. The molecule has 0 aliphatic carbocycles. The van der Waals surface area contributed by atoms with Gasteiger partial charge in [0.25, 0.3) is 17.5 Å². The number of nitro groups is 1. The molecule has 7 heteroatoms. The Morgan fingerprint density at radius 2 is 1.89 bits per heavy atom. The third-order valence-corrected chi connectivity index (χ3v) is 2.72. The van der Waals surface area contributed by atoms with E-state index in [0.29, 0.717) is 6.29 Å². The van der Waals surface area contributed by atoms with Crippen molar-refractivity contribution >= 4 is 23.8 Å². The molecule has 0 fully saturated rings. The highest BCUT2D eigenvalue weighted by Gasteiger charge is 2.39. The van der Waals surface area contributed by atoms with Crippen molar-refractivity contribution in [3.05, 3.63) is 39.4 Å². The number of hydrogen-bond donors (Lipinski definition) is 0. The normalized spacial score (nSPS) is 15.5. The van der Waals surface area contributed by atoms with E-state index < -0.39 is 22.8 Å². The molecule has 1 aliphatic heterocycles. The van der Waals surface area contributed by atoms with Crippen LogP contribution >= 0.6 is 0 Å². The van der Waals surface area contributed by atoms with Crippen LogP contribution in [0.1, 0.15) is 27.6 Å². The van der Waals surface area contributed by atoms with Crippen molar-refractivity contribution in [2.24, 2.45) is 0 Å². The number of imide groups is 1. The first-order valence-corrected chi connectivity index (χ1v) is 5.09. The van der Waals surface area contributed by atoms with Crippen LogP contribution in [0.3, 0.4) is 0 Å². The van der Waals surface area contributed by atoms with Crippen molar-refractivity contribution in [2.75, 3.05) is 0 Å². The first-order valence-electron chi connectivity index (χ1n) is 5.09. The molecule has 0 saturated heterocycles. The molecular weight excluding hydrogens is 240 g/mol. The SMILES string of the molecule is CC(C=O)N1C(=O)c2ccc([N+](=O)[O-])cc2C1=O. The largest absolute Gasteiger partial charge is 0.301 e. The maximum absolute atomic E-state index is 11.9. The molecule has 1 heterocycles. The minimum atomic E-state index is -0.892. The number of non-ortho nitro benzene ring substituents is 1. The summed E-state index contributed by atoms with van der Waals surface area (Å²) in [6, 6.07) is 2.54. The van der Waals surface area contributed by atoms with E-state index in [1.165, 1.54) is 13.0 Å². The molecule has 18 heavy (non-hydrogen) atoms. The van der Waals surface area contributed by atoms with Gasteiger partial charge in [-0.05, 0) is 13.0 Å². The monoisotopic (exact) mass is 248 g/mol. The van der Waals surface area contributed by atoms with Gasteiger partial charge >= 0.3 is 0 Å². The van der Waals surface area contributed by atoms with Crippen molar-refractivity contribution in [3.8, 4) is 0 Å². The van der Waals surface area contributed by atoms with Gasteiger partial charge in [-0.15, -0.1) is 0 Å². The van der Waals surface area contributed by atoms with E-state index >= 15 is 0 Å². The Labute approximate surface area is 101 Å². The summed E-state index contributed by atoms with van der Waals surface area (Å²) in [6.07, 6.45) is 0.468. The van der Waals surface area contributed by atoms with Crippen molar-refractivity contribution < 1.29 is 19.3 Å². The second-order valence-corrected chi connectivity index (χ2v) is 3.84. The minimum absolute atomic E-state index is 0.0390. The van der Waals surface area contributed by atoms with E-state index in [-0.39, 0.29) is 16.8 Å². The predicted molar refractivity (Wildman–Crippen MR) is 59.1 cm³/mol. The number of amides is 2. The summed E-state index contributed by atoms with van der Waals surface area (Å²) < 4.78 is 0. The molecule has 92 valence electrons. The Morgan fingerprint density at radius 1 is 1.28 bits per heavy atom. The van der Waals surface area contributed by atoms with Gasteiger partial charge in [-0.1, -0.05) is 0 Å². The number of carbonyl (C=O) groups excluding carboxylic acids is 3. The number of fused-ring (bicyclic) bond motifs is 1. The van der Waals surface area contributed by atoms with Crippen LogP contribution in [0.25, 0.3) is 0 Å². The molecule has 0 N–H and O–H groups in total. The summed E-state index contributed by atoms with van der Waals surface area (Å²) in [7, 11) is 0. The Bertz CT molecular complexity index is 581. The fraction of sp³-hybridized carbons (Fsp3) is 0.182. The summed E-state index contributed by atoms with van der Waals surface area (Å²) in [6.45, 7) is 1.41. The summed E-state index contributed by atoms with van der Waals surface area (Å²) >= 11 is 0. The molecule has 1 aliphatic rings. The van der Waals surface area contributed by atoms with Crippen LogP contribution < -0.4 is 0 Å². The van der Waals surface area contributed by atoms with Gasteiger partial charge in [0.05, 0.1) is 22.1 Å². The molecule has 0 spiro atoms. The van der Waals surface area contributed by atoms with Crippen molar-refractivity contribution in [2.45, 2.75) is 13.0 Å². The number of benzene rings is 1. The lowest BCUT2D eigenvalue weighted by atomic mass is 10.1. The Kier molecular flexibility index (Phi) is 2.66. The highest BCUT2D eigenvalue weighted by atomic mass is 16.6. The highest BCUT2D eigenvalue weighted by molar-refractivity contribution is 6.22. The van der Waals surface area contributed by atoms with Gasteiger partial charge in [0.15, 0.2) is 0 Å². The minimum Gasteiger partial charge on any atom is -0.301 e. The number of rotatable bonds is 3. The predicted octanol–water partition coefficient (Wildman–Crippen LogP) is 0.778. The zero-order valence-corrected chi connectivity index (χ0v) is 9.32. The standard InChI is InChI=1S/C11H8N2O5/c1-6(5-14)12-10(15)8-3-2-7(13(17)18)4-9(8)11(12)16/h2-6H,1H3. The van der Waals surface area contributed by atoms with Crippen molar-refractivity contribution in [1.82, 2.24) is 4.90 Å². The van der Waals surface area contributed by atoms with Gasteiger partial charge in [-0.25, -0.2) is 0 Å². The maximum Gasteiger partial charge on any atom is 0.270 e. The summed E-state index contributed by atoms with van der Waals surface area (Å²) in [5, 5.41) is 10.6. The number of hydrogen-bond acceptors (Lipinski definition) is 5. The Balaban J connectivity index is 2.52. The van der Waals surface area contributed by atoms with Gasteiger partial charge in [-0.2, -0.15) is 0 Å². The van der Waals surface area contributed by atoms with Crippen LogP contribution in [0.2, 0.25) is 0 Å². The first kappa shape index (κ1) is 11.9. The van der Waals surface area contributed by atoms with E-state index in [1.54, 1.807) is 0 Å². The highest BCUT2D eigenvalue weighted by Crippen LogP contribution is 2.27. The van der Waals surface area contributed by atoms with Gasteiger partial charge < -0.3 is 4.79 Å². The molecule has 1 unspecified atom stereocenters. The Morgan fingerprint density at radius 3 is 2.44 bits per heavy atom. The second-order valence-electron chi connectivity index (χ2n) is 3.84. The van der Waals surface area contributed by atoms with Crippen molar-refractivity contribution in [1.29, 1.82) is 0 Å². The van der Waals surface area contributed by atoms with Crippen LogP contribution in [0.15, 0.2) is 18.2 Å². The van der Waals surface area contributed by atoms with E-state index in [1.807, 2.05) is 0 Å². The molecule has 0 saturated carbocycles. The molecule has 2 amide bonds. The average molecular weight is 248 g/mol. The lowest BCUT2D eigenvalue weighted by molar-refractivity contribution is -0.384. The number of nitrogens with zero attached hydrogens (tertiary/aromatic N) is 2. The zero-order chi connectivity index (χ0) is 13.4. The van der Waals surface area contributed by atoms with Crippen LogP contribution in [-0.2, 0) is 4.79 Å². The smallest absolute Gasteiger partial charge is 0.270 e. The van der Waals surface area contributed by atoms with Gasteiger partial charge in [0.1, 0.15) is 6.29 Å². The molecule has 1 aromatic carbocycles. The third-order valence-electron chi connectivity index (χ3n) is 2.72. The number of nitro benzene ring substituents is 1. The van der Waals surface area contributed by atoms with Gasteiger partial charge in [0, 0.05) is 12.1 Å². The average Bonchev–Trinajstić information content (AvgIpc) is 2.61. The van der Waals surface area contributed by atoms with Crippen LogP contribution in [0.4, 0.5) is 5.69 Å². The lowest BCUT2D eigenvalue weighted by Crippen LogP contribution is -2.38. The molecule has 0 aromatic heterocycles. The summed E-state index contributed by atoms with van der Waals surface area (Å²) in [5.41, 5.74) is -0.224. The lowest BCUT2D eigenvalue weighted by Gasteiger charge is -2.16. The molecule has 7 nitrogen and oxygen atoms in total. The molecule has 1 atom stereocenters. The molecule has 2 rings (SSSR count). The van der Waals surface area contributed by atoms with E-state index in [9.17, 15) is 24.5 Å². The second kappa shape index (κ2) is 4.02. The van der Waals surface area contributed by atoms with E-state index in [4.69, 9.17) is 0 Å². The topological polar surface area (TPSA) is 97.6 Å². The zero-order valence-electron chi connectivity index (χ0n) is 9.32. The van der Waals surface area contributed by atoms with Crippen LogP contribution in [0, 0.1) is 10.1 Å². The van der Waals surface area contributed by atoms with E-state index in [0.717, 1.165) is 17.0 Å². The van der Waals surface area contributed by atoms with Gasteiger partial charge in [-0.3, -0.25) is 24.6 Å². The summed E-state index contributed by atoms with van der Waals surface area (Å²) in [4.78, 5) is 45.2. The molecule has 1 aromatic rings. The number of aldehydes is 1. The van der Waals surface area contributed by atoms with Gasteiger partial charge in [0.2, 0.25) is 0 Å². The third kappa shape index (κ3) is 1.56. The number of carbonyl (C=O) groups is 3. The molecule has 0 bridgehead atoms. The molecule has 0 radical (unpaired) electrons. The van der Waals surface area contributed by atoms with E-state index in [2.05, 4.69) is 0 Å². The fourth-order valence-corrected chi connectivity index (χ4v) is 1.79. The quantitative estimate of drug-likeness (QED) is 0.340. The molecular formula is C11H8N2O5. The Hall–Kier alpha value is -2.57. The summed E-state index contributed by atoms with van der Waals surface area (Å²) in [5.74, 6) is -1.29. The van der Waals surface area contributed by atoms with Crippen LogP contribution in [-0.4, -0.2) is 34.0 Å². The first-order chi connectivity index (χ1) is 8.47.